The maximum Gasteiger partial charge on any atom is 0.180 e. The largest absolute Gasteiger partial charge is 0.384 e. The molecule has 0 amide bonds. The van der Waals surface area contributed by atoms with Crippen LogP contribution in [-0.4, -0.2) is 36.4 Å². The van der Waals surface area contributed by atoms with Gasteiger partial charge in [-0.25, -0.2) is 8.42 Å². The molecule has 0 aliphatic rings. The van der Waals surface area contributed by atoms with E-state index in [1.165, 1.54) is 0 Å². The number of para-hydroxylation sites is 1. The quantitative estimate of drug-likeness (QED) is 0.800. The van der Waals surface area contributed by atoms with E-state index in [0.717, 1.165) is 6.42 Å². The van der Waals surface area contributed by atoms with Crippen molar-refractivity contribution >= 4 is 26.3 Å². The van der Waals surface area contributed by atoms with Crippen LogP contribution in [0.3, 0.4) is 0 Å². The second-order valence-electron chi connectivity index (χ2n) is 4.84. The molecule has 0 radical (unpaired) electrons. The van der Waals surface area contributed by atoms with E-state index in [4.69, 9.17) is 0 Å². The molecule has 1 rings (SSSR count). The average Bonchev–Trinajstić information content (AvgIpc) is 2.38. The summed E-state index contributed by atoms with van der Waals surface area (Å²) >= 11 is 0. The van der Waals surface area contributed by atoms with E-state index in [1.807, 2.05) is 19.9 Å². The summed E-state index contributed by atoms with van der Waals surface area (Å²) in [4.78, 5) is 0.354. The topological polar surface area (TPSA) is 63.2 Å². The van der Waals surface area contributed by atoms with Crippen molar-refractivity contribution in [3.8, 4) is 0 Å². The van der Waals surface area contributed by atoms with E-state index < -0.39 is 20.6 Å². The van der Waals surface area contributed by atoms with Gasteiger partial charge in [0.25, 0.3) is 0 Å². The van der Waals surface area contributed by atoms with Gasteiger partial charge < -0.3 is 5.32 Å². The molecule has 0 spiro atoms. The summed E-state index contributed by atoms with van der Waals surface area (Å²) in [6.07, 6.45) is 3.03. The van der Waals surface area contributed by atoms with Gasteiger partial charge in [-0.05, 0) is 25.0 Å². The zero-order valence-corrected chi connectivity index (χ0v) is 13.9. The van der Waals surface area contributed by atoms with Crippen molar-refractivity contribution in [2.45, 2.75) is 36.8 Å². The molecular weight excluding hydrogens is 294 g/mol. The second kappa shape index (κ2) is 7.78. The van der Waals surface area contributed by atoms with Gasteiger partial charge >= 0.3 is 0 Å². The fraction of sp³-hybridized carbons (Fsp3) is 0.571. The van der Waals surface area contributed by atoms with Gasteiger partial charge in [0.05, 0.1) is 16.3 Å². The number of nitrogens with one attached hydrogen (secondary N) is 1. The fourth-order valence-corrected chi connectivity index (χ4v) is 3.81. The Labute approximate surface area is 124 Å². The predicted molar refractivity (Wildman–Crippen MR) is 85.4 cm³/mol. The number of sulfone groups is 1. The van der Waals surface area contributed by atoms with Gasteiger partial charge in [-0.2, -0.15) is 0 Å². The van der Waals surface area contributed by atoms with Crippen LogP contribution in [0.4, 0.5) is 5.69 Å². The molecule has 0 aliphatic carbocycles. The zero-order valence-electron chi connectivity index (χ0n) is 12.3. The average molecular weight is 317 g/mol. The third-order valence-corrected chi connectivity index (χ3v) is 6.47. The molecule has 2 unspecified atom stereocenters. The van der Waals surface area contributed by atoms with Crippen molar-refractivity contribution in [3.63, 3.8) is 0 Å². The van der Waals surface area contributed by atoms with E-state index in [1.54, 1.807) is 24.5 Å². The van der Waals surface area contributed by atoms with E-state index in [0.29, 0.717) is 23.5 Å². The molecule has 0 aromatic heterocycles. The SMILES string of the molecule is CCCS(=O)(=O)c1ccccc1NCCC(C)S(C)=O. The first-order chi connectivity index (χ1) is 9.38. The van der Waals surface area contributed by atoms with Crippen LogP contribution in [0.15, 0.2) is 29.2 Å². The first-order valence-corrected chi connectivity index (χ1v) is 10.0. The minimum absolute atomic E-state index is 0.0990. The normalized spacial score (nSPS) is 14.8. The molecule has 4 nitrogen and oxygen atoms in total. The number of rotatable bonds is 8. The molecule has 0 saturated carbocycles. The lowest BCUT2D eigenvalue weighted by Gasteiger charge is -2.14. The summed E-state index contributed by atoms with van der Waals surface area (Å²) in [5, 5.41) is 3.25. The summed E-state index contributed by atoms with van der Waals surface area (Å²) in [7, 11) is -4.08. The van der Waals surface area contributed by atoms with Crippen molar-refractivity contribution in [1.29, 1.82) is 0 Å². The van der Waals surface area contributed by atoms with Gasteiger partial charge in [0.15, 0.2) is 9.84 Å². The van der Waals surface area contributed by atoms with Crippen molar-refractivity contribution in [1.82, 2.24) is 0 Å². The summed E-state index contributed by atoms with van der Waals surface area (Å²) in [6.45, 7) is 4.39. The number of anilines is 1. The first-order valence-electron chi connectivity index (χ1n) is 6.76. The van der Waals surface area contributed by atoms with Gasteiger partial charge in [0.1, 0.15) is 0 Å². The van der Waals surface area contributed by atoms with Gasteiger partial charge in [-0.1, -0.05) is 26.0 Å². The Balaban J connectivity index is 2.79. The molecule has 2 atom stereocenters. The predicted octanol–water partition coefficient (Wildman–Crippen LogP) is 2.44. The van der Waals surface area contributed by atoms with E-state index in [2.05, 4.69) is 5.32 Å². The van der Waals surface area contributed by atoms with E-state index in [-0.39, 0.29) is 11.0 Å². The number of hydrogen-bond acceptors (Lipinski definition) is 4. The highest BCUT2D eigenvalue weighted by molar-refractivity contribution is 7.91. The maximum atomic E-state index is 12.2. The second-order valence-corrected chi connectivity index (χ2v) is 8.72. The zero-order chi connectivity index (χ0) is 15.2. The molecule has 1 aromatic rings. The van der Waals surface area contributed by atoms with Crippen LogP contribution in [0.1, 0.15) is 26.7 Å². The summed E-state index contributed by atoms with van der Waals surface area (Å²) in [5.74, 6) is 0.154. The maximum absolute atomic E-state index is 12.2. The Bertz CT molecular complexity index is 555. The number of benzene rings is 1. The van der Waals surface area contributed by atoms with Gasteiger partial charge in [0.2, 0.25) is 0 Å². The van der Waals surface area contributed by atoms with Crippen molar-refractivity contribution in [3.05, 3.63) is 24.3 Å². The minimum Gasteiger partial charge on any atom is -0.384 e. The molecule has 0 saturated heterocycles. The fourth-order valence-electron chi connectivity index (χ4n) is 1.84. The first kappa shape index (κ1) is 17.2. The Morgan fingerprint density at radius 1 is 1.30 bits per heavy atom. The smallest absolute Gasteiger partial charge is 0.180 e. The van der Waals surface area contributed by atoms with Crippen LogP contribution in [0.5, 0.6) is 0 Å². The Morgan fingerprint density at radius 2 is 1.95 bits per heavy atom. The van der Waals surface area contributed by atoms with Crippen LogP contribution in [0.2, 0.25) is 0 Å². The van der Waals surface area contributed by atoms with Crippen LogP contribution in [0, 0.1) is 0 Å². The third-order valence-electron chi connectivity index (χ3n) is 3.13. The van der Waals surface area contributed by atoms with Crippen LogP contribution in [0.25, 0.3) is 0 Å². The Morgan fingerprint density at radius 3 is 2.55 bits per heavy atom. The van der Waals surface area contributed by atoms with Crippen LogP contribution in [-0.2, 0) is 20.6 Å². The molecule has 0 aliphatic heterocycles. The standard InChI is InChI=1S/C14H23NO3S2/c1-4-11-20(17,18)14-8-6-5-7-13(14)15-10-9-12(2)19(3)16/h5-8,12,15H,4,9-11H2,1-3H3. The van der Waals surface area contributed by atoms with E-state index >= 15 is 0 Å². The molecule has 114 valence electrons. The van der Waals surface area contributed by atoms with Crippen molar-refractivity contribution < 1.29 is 12.6 Å². The van der Waals surface area contributed by atoms with Gasteiger partial charge in [-0.3, -0.25) is 4.21 Å². The molecule has 1 aromatic carbocycles. The highest BCUT2D eigenvalue weighted by Crippen LogP contribution is 2.22. The van der Waals surface area contributed by atoms with Crippen LogP contribution < -0.4 is 5.32 Å². The summed E-state index contributed by atoms with van der Waals surface area (Å²) in [6, 6.07) is 6.96. The lowest BCUT2D eigenvalue weighted by atomic mass is 10.3. The molecule has 0 fully saturated rings. The Hall–Kier alpha value is -0.880. The molecule has 1 N–H and O–H groups in total. The number of hydrogen-bond donors (Lipinski definition) is 1. The lowest BCUT2D eigenvalue weighted by Crippen LogP contribution is -2.16. The molecule has 0 heterocycles. The van der Waals surface area contributed by atoms with Gasteiger partial charge in [-0.15, -0.1) is 0 Å². The highest BCUT2D eigenvalue weighted by atomic mass is 32.2. The Kier molecular flexibility index (Phi) is 6.68. The van der Waals surface area contributed by atoms with Crippen molar-refractivity contribution in [2.75, 3.05) is 23.9 Å². The van der Waals surface area contributed by atoms with E-state index in [9.17, 15) is 12.6 Å². The van der Waals surface area contributed by atoms with Crippen LogP contribution >= 0.6 is 0 Å². The monoisotopic (exact) mass is 317 g/mol. The van der Waals surface area contributed by atoms with Gasteiger partial charge in [0, 0.05) is 28.9 Å². The molecular formula is C14H23NO3S2. The molecule has 6 heteroatoms. The van der Waals surface area contributed by atoms with Crippen molar-refractivity contribution in [2.24, 2.45) is 0 Å². The summed E-state index contributed by atoms with van der Waals surface area (Å²) < 4.78 is 35.6. The highest BCUT2D eigenvalue weighted by Gasteiger charge is 2.17. The lowest BCUT2D eigenvalue weighted by molar-refractivity contribution is 0.595. The third kappa shape index (κ3) is 4.90. The molecule has 0 bridgehead atoms. The minimum atomic E-state index is -3.23. The molecule has 20 heavy (non-hydrogen) atoms. The summed E-state index contributed by atoms with van der Waals surface area (Å²) in [5.41, 5.74) is 0.634.